The van der Waals surface area contributed by atoms with Gasteiger partial charge in [-0.25, -0.2) is 4.79 Å². The van der Waals surface area contributed by atoms with Gasteiger partial charge in [0.05, 0.1) is 0 Å². The minimum atomic E-state index is -0.312. The molecule has 1 amide bonds. The number of carbonyl (C=O) groups is 1. The number of ether oxygens (including phenoxy) is 1. The quantitative estimate of drug-likeness (QED) is 0.425. The Balaban J connectivity index is 1.78. The maximum Gasteiger partial charge on any atom is 0.407 e. The van der Waals surface area contributed by atoms with Crippen molar-refractivity contribution in [1.29, 1.82) is 0 Å². The van der Waals surface area contributed by atoms with Crippen LogP contribution in [0.15, 0.2) is 42.5 Å². The Bertz CT molecular complexity index is 890. The second-order valence-electron chi connectivity index (χ2n) is 9.42. The fourth-order valence-corrected chi connectivity index (χ4v) is 4.81. The van der Waals surface area contributed by atoms with Crippen LogP contribution in [-0.4, -0.2) is 18.2 Å². The molecule has 31 heavy (non-hydrogen) atoms. The fourth-order valence-electron chi connectivity index (χ4n) is 4.81. The van der Waals surface area contributed by atoms with Crippen molar-refractivity contribution >= 4 is 6.09 Å². The molecule has 3 heteroatoms. The average molecular weight is 422 g/mol. The van der Waals surface area contributed by atoms with Crippen LogP contribution in [0, 0.1) is 0 Å². The number of nitrogens with one attached hydrogen (secondary N) is 1. The number of benzene rings is 2. The summed E-state index contributed by atoms with van der Waals surface area (Å²) in [4.78, 5) is 12.6. The highest BCUT2D eigenvalue weighted by Crippen LogP contribution is 2.46. The van der Waals surface area contributed by atoms with Crippen LogP contribution in [-0.2, 0) is 4.74 Å². The molecule has 0 heterocycles. The van der Waals surface area contributed by atoms with E-state index in [9.17, 15) is 4.79 Å². The van der Waals surface area contributed by atoms with Crippen molar-refractivity contribution < 1.29 is 9.53 Å². The molecule has 3 unspecified atom stereocenters. The van der Waals surface area contributed by atoms with E-state index in [0.29, 0.717) is 12.5 Å². The van der Waals surface area contributed by atoms with Crippen molar-refractivity contribution in [2.75, 3.05) is 6.61 Å². The van der Waals surface area contributed by atoms with Crippen LogP contribution < -0.4 is 5.32 Å². The van der Waals surface area contributed by atoms with Gasteiger partial charge in [-0.05, 0) is 59.9 Å². The Kier molecular flexibility index (Phi) is 7.80. The van der Waals surface area contributed by atoms with E-state index in [-0.39, 0.29) is 17.6 Å². The lowest BCUT2D eigenvalue weighted by molar-refractivity contribution is 0.129. The van der Waals surface area contributed by atoms with Gasteiger partial charge in [-0.3, -0.25) is 0 Å². The number of fused-ring (bicyclic) bond motifs is 3. The number of hydrogen-bond donors (Lipinski definition) is 1. The third-order valence-electron chi connectivity index (χ3n) is 7.01. The minimum Gasteiger partial charge on any atom is -0.449 e. The van der Waals surface area contributed by atoms with Crippen molar-refractivity contribution in [3.8, 4) is 11.1 Å². The molecule has 168 valence electrons. The van der Waals surface area contributed by atoms with Crippen LogP contribution in [0.4, 0.5) is 4.79 Å². The minimum absolute atomic E-state index is 0.0935. The summed E-state index contributed by atoms with van der Waals surface area (Å²) in [6.07, 6.45) is 6.28. The van der Waals surface area contributed by atoms with Crippen LogP contribution in [0.5, 0.6) is 0 Å². The molecule has 2 aromatic rings. The Hall–Kier alpha value is -2.29. The standard InChI is InChI=1S/C28H39NO2/c1-6-9-12-20(4)21-15-16-24-25(18-21)22-13-10-11-14-23(22)26(24)19-31-27(30)29-28(5,8-3)17-7-2/h10-11,13-16,18,20,26H,6-9,12,17,19H2,1-5H3,(H,29,30). The molecular formula is C28H39NO2. The smallest absolute Gasteiger partial charge is 0.407 e. The molecule has 1 aliphatic carbocycles. The molecule has 3 atom stereocenters. The van der Waals surface area contributed by atoms with Crippen molar-refractivity contribution in [3.05, 3.63) is 59.2 Å². The summed E-state index contributed by atoms with van der Waals surface area (Å²) in [7, 11) is 0. The number of amides is 1. The maximum atomic E-state index is 12.6. The normalized spacial score (nSPS) is 17.4. The van der Waals surface area contributed by atoms with Crippen LogP contribution in [0.2, 0.25) is 0 Å². The lowest BCUT2D eigenvalue weighted by Crippen LogP contribution is -2.45. The molecule has 0 aromatic heterocycles. The number of hydrogen-bond acceptors (Lipinski definition) is 2. The van der Waals surface area contributed by atoms with Gasteiger partial charge in [0, 0.05) is 11.5 Å². The van der Waals surface area contributed by atoms with E-state index in [2.05, 4.69) is 82.4 Å². The fraction of sp³-hybridized carbons (Fsp3) is 0.536. The summed E-state index contributed by atoms with van der Waals surface area (Å²) in [5, 5.41) is 3.10. The first-order valence-electron chi connectivity index (χ1n) is 12.1. The van der Waals surface area contributed by atoms with Crippen LogP contribution in [0.1, 0.15) is 102 Å². The second kappa shape index (κ2) is 10.3. The van der Waals surface area contributed by atoms with Gasteiger partial charge in [-0.1, -0.05) is 89.4 Å². The largest absolute Gasteiger partial charge is 0.449 e. The van der Waals surface area contributed by atoms with E-state index in [1.54, 1.807) is 0 Å². The molecule has 2 aromatic carbocycles. The monoisotopic (exact) mass is 421 g/mol. The molecule has 1 aliphatic rings. The van der Waals surface area contributed by atoms with Gasteiger partial charge in [-0.2, -0.15) is 0 Å². The molecule has 0 saturated heterocycles. The second-order valence-corrected chi connectivity index (χ2v) is 9.42. The lowest BCUT2D eigenvalue weighted by atomic mass is 9.91. The Morgan fingerprint density at radius 2 is 1.81 bits per heavy atom. The maximum absolute atomic E-state index is 12.6. The highest BCUT2D eigenvalue weighted by molar-refractivity contribution is 5.79. The van der Waals surface area contributed by atoms with Crippen molar-refractivity contribution in [1.82, 2.24) is 5.32 Å². The van der Waals surface area contributed by atoms with E-state index in [1.165, 1.54) is 47.1 Å². The van der Waals surface area contributed by atoms with Gasteiger partial charge in [-0.15, -0.1) is 0 Å². The SMILES string of the molecule is CCCCC(C)c1ccc2c(c1)-c1ccccc1C2COC(=O)NC(C)(CC)CCC. The Morgan fingerprint density at radius 3 is 2.52 bits per heavy atom. The predicted octanol–water partition coefficient (Wildman–Crippen LogP) is 7.79. The zero-order valence-electron chi connectivity index (χ0n) is 20.0. The van der Waals surface area contributed by atoms with Gasteiger partial charge in [0.15, 0.2) is 0 Å². The van der Waals surface area contributed by atoms with Gasteiger partial charge >= 0.3 is 6.09 Å². The molecule has 0 aliphatic heterocycles. The van der Waals surface area contributed by atoms with Gasteiger partial charge in [0.1, 0.15) is 6.61 Å². The zero-order chi connectivity index (χ0) is 22.4. The van der Waals surface area contributed by atoms with Gasteiger partial charge in [0.25, 0.3) is 0 Å². The van der Waals surface area contributed by atoms with Crippen molar-refractivity contribution in [2.45, 2.75) is 90.5 Å². The van der Waals surface area contributed by atoms with E-state index in [0.717, 1.165) is 19.3 Å². The van der Waals surface area contributed by atoms with Gasteiger partial charge < -0.3 is 10.1 Å². The van der Waals surface area contributed by atoms with E-state index < -0.39 is 0 Å². The third kappa shape index (κ3) is 5.31. The van der Waals surface area contributed by atoms with Crippen LogP contribution in [0.25, 0.3) is 11.1 Å². The number of rotatable bonds is 10. The zero-order valence-corrected chi connectivity index (χ0v) is 20.0. The molecule has 3 rings (SSSR count). The molecule has 1 N–H and O–H groups in total. The summed E-state index contributed by atoms with van der Waals surface area (Å²) in [6.45, 7) is 11.3. The van der Waals surface area contributed by atoms with Crippen molar-refractivity contribution in [2.24, 2.45) is 0 Å². The van der Waals surface area contributed by atoms with Crippen molar-refractivity contribution in [3.63, 3.8) is 0 Å². The average Bonchev–Trinajstić information content (AvgIpc) is 3.09. The summed E-state index contributed by atoms with van der Waals surface area (Å²) < 4.78 is 5.76. The molecule has 0 radical (unpaired) electrons. The van der Waals surface area contributed by atoms with Gasteiger partial charge in [0.2, 0.25) is 0 Å². The number of carbonyl (C=O) groups excluding carboxylic acids is 1. The summed E-state index contributed by atoms with van der Waals surface area (Å²) in [6, 6.07) is 15.4. The first-order valence-corrected chi connectivity index (χ1v) is 12.1. The number of unbranched alkanes of at least 4 members (excludes halogenated alkanes) is 1. The first kappa shape index (κ1) is 23.4. The topological polar surface area (TPSA) is 38.3 Å². The molecule has 3 nitrogen and oxygen atoms in total. The summed E-state index contributed by atoms with van der Waals surface area (Å²) in [5.74, 6) is 0.653. The van der Waals surface area contributed by atoms with E-state index >= 15 is 0 Å². The highest BCUT2D eigenvalue weighted by atomic mass is 16.5. The Morgan fingerprint density at radius 1 is 1.06 bits per heavy atom. The lowest BCUT2D eigenvalue weighted by Gasteiger charge is -2.29. The van der Waals surface area contributed by atoms with E-state index in [4.69, 9.17) is 4.74 Å². The molecule has 0 spiro atoms. The number of alkyl carbamates (subject to hydrolysis) is 1. The molecule has 0 fully saturated rings. The highest BCUT2D eigenvalue weighted by Gasteiger charge is 2.31. The Labute approximate surface area is 188 Å². The van der Waals surface area contributed by atoms with E-state index in [1.807, 2.05) is 0 Å². The predicted molar refractivity (Wildman–Crippen MR) is 130 cm³/mol. The summed E-state index contributed by atoms with van der Waals surface area (Å²) >= 11 is 0. The third-order valence-corrected chi connectivity index (χ3v) is 7.01. The van der Waals surface area contributed by atoms with Crippen LogP contribution >= 0.6 is 0 Å². The van der Waals surface area contributed by atoms with Crippen LogP contribution in [0.3, 0.4) is 0 Å². The molecule has 0 bridgehead atoms. The summed E-state index contributed by atoms with van der Waals surface area (Å²) in [5.41, 5.74) is 6.30. The molecular weight excluding hydrogens is 382 g/mol. The first-order chi connectivity index (χ1) is 14.9. The molecule has 0 saturated carbocycles.